The molecule has 0 saturated carbocycles. The number of guanidine groups is 1. The topological polar surface area (TPSA) is 62.4 Å². The predicted octanol–water partition coefficient (Wildman–Crippen LogP) is 2.29. The van der Waals surface area contributed by atoms with Crippen molar-refractivity contribution in [2.75, 3.05) is 5.32 Å². The maximum atomic E-state index is 6.01. The third kappa shape index (κ3) is 3.72. The van der Waals surface area contributed by atoms with Crippen LogP contribution < -0.4 is 16.6 Å². The summed E-state index contributed by atoms with van der Waals surface area (Å²) < 4.78 is 0. The number of benzene rings is 1. The number of hydrogen-bond acceptors (Lipinski definition) is 2. The largest absolute Gasteiger partial charge is 0.325 e. The van der Waals surface area contributed by atoms with Crippen LogP contribution >= 0.6 is 11.6 Å². The van der Waals surface area contributed by atoms with Gasteiger partial charge in [0, 0.05) is 16.8 Å². The fourth-order valence-electron chi connectivity index (χ4n) is 1.17. The first-order valence-electron chi connectivity index (χ1n) is 5.10. The van der Waals surface area contributed by atoms with E-state index in [0.29, 0.717) is 11.0 Å². The van der Waals surface area contributed by atoms with E-state index in [4.69, 9.17) is 17.4 Å². The maximum Gasteiger partial charge on any atom is 0.210 e. The number of hydrazine groups is 1. The van der Waals surface area contributed by atoms with E-state index in [1.165, 1.54) is 0 Å². The number of halogens is 1. The molecule has 0 heterocycles. The summed E-state index contributed by atoms with van der Waals surface area (Å²) in [5, 5.41) is 3.77. The Morgan fingerprint density at radius 1 is 1.44 bits per heavy atom. The average molecular weight is 241 g/mol. The van der Waals surface area contributed by atoms with Crippen molar-refractivity contribution in [1.29, 1.82) is 0 Å². The van der Waals surface area contributed by atoms with Crippen LogP contribution in [0, 0.1) is 6.92 Å². The van der Waals surface area contributed by atoms with Gasteiger partial charge in [-0.15, -0.1) is 0 Å². The summed E-state index contributed by atoms with van der Waals surface area (Å²) in [6.07, 6.45) is 0. The number of aliphatic imine (C=N–C) groups is 1. The summed E-state index contributed by atoms with van der Waals surface area (Å²) in [7, 11) is 0. The zero-order valence-electron chi connectivity index (χ0n) is 9.71. The van der Waals surface area contributed by atoms with Gasteiger partial charge in [0.2, 0.25) is 5.96 Å². The number of anilines is 1. The van der Waals surface area contributed by atoms with Crippen molar-refractivity contribution in [2.24, 2.45) is 10.8 Å². The first-order chi connectivity index (χ1) is 7.52. The van der Waals surface area contributed by atoms with Gasteiger partial charge in [0.15, 0.2) is 0 Å². The van der Waals surface area contributed by atoms with Gasteiger partial charge in [0.25, 0.3) is 0 Å². The molecule has 1 aromatic carbocycles. The number of aryl methyl sites for hydroxylation is 1. The molecule has 5 heteroatoms. The lowest BCUT2D eigenvalue weighted by Gasteiger charge is -2.11. The van der Waals surface area contributed by atoms with Crippen LogP contribution in [-0.2, 0) is 0 Å². The second-order valence-corrected chi connectivity index (χ2v) is 4.21. The van der Waals surface area contributed by atoms with Gasteiger partial charge in [-0.05, 0) is 38.5 Å². The summed E-state index contributed by atoms with van der Waals surface area (Å²) in [6, 6.07) is 5.87. The fraction of sp³-hybridized carbons (Fsp3) is 0.364. The van der Waals surface area contributed by atoms with Gasteiger partial charge in [-0.3, -0.25) is 5.43 Å². The van der Waals surface area contributed by atoms with Gasteiger partial charge in [-0.1, -0.05) is 17.7 Å². The molecule has 0 bridgehead atoms. The van der Waals surface area contributed by atoms with E-state index >= 15 is 0 Å². The minimum Gasteiger partial charge on any atom is -0.325 e. The summed E-state index contributed by atoms with van der Waals surface area (Å²) in [5.41, 5.74) is 4.40. The Labute approximate surface area is 101 Å². The van der Waals surface area contributed by atoms with Crippen LogP contribution in [0.25, 0.3) is 0 Å². The van der Waals surface area contributed by atoms with Crippen LogP contribution in [-0.4, -0.2) is 12.0 Å². The molecule has 0 saturated heterocycles. The zero-order chi connectivity index (χ0) is 12.1. The summed E-state index contributed by atoms with van der Waals surface area (Å²) >= 11 is 6.01. The Hall–Kier alpha value is -1.26. The maximum absolute atomic E-state index is 6.01. The van der Waals surface area contributed by atoms with Crippen molar-refractivity contribution >= 4 is 23.2 Å². The molecule has 0 spiro atoms. The molecule has 0 aromatic heterocycles. The molecule has 4 nitrogen and oxygen atoms in total. The number of nitrogens with one attached hydrogen (secondary N) is 2. The van der Waals surface area contributed by atoms with E-state index in [-0.39, 0.29) is 6.04 Å². The average Bonchev–Trinajstić information content (AvgIpc) is 2.22. The Morgan fingerprint density at radius 2 is 2.12 bits per heavy atom. The molecule has 4 N–H and O–H groups in total. The van der Waals surface area contributed by atoms with E-state index in [1.807, 2.05) is 39.0 Å². The number of rotatable bonds is 2. The molecule has 16 heavy (non-hydrogen) atoms. The molecule has 0 radical (unpaired) electrons. The highest BCUT2D eigenvalue weighted by atomic mass is 35.5. The monoisotopic (exact) mass is 240 g/mol. The highest BCUT2D eigenvalue weighted by Crippen LogP contribution is 2.19. The highest BCUT2D eigenvalue weighted by Gasteiger charge is 2.01. The van der Waals surface area contributed by atoms with E-state index in [1.54, 1.807) is 0 Å². The molecule has 0 aliphatic carbocycles. The van der Waals surface area contributed by atoms with Gasteiger partial charge in [-0.2, -0.15) is 0 Å². The summed E-state index contributed by atoms with van der Waals surface area (Å²) in [6.45, 7) is 5.90. The zero-order valence-corrected chi connectivity index (χ0v) is 10.5. The van der Waals surface area contributed by atoms with Crippen molar-refractivity contribution in [1.82, 2.24) is 5.43 Å². The molecular weight excluding hydrogens is 224 g/mol. The third-order valence-corrected chi connectivity index (χ3v) is 2.37. The van der Waals surface area contributed by atoms with Crippen molar-refractivity contribution < 1.29 is 0 Å². The molecule has 1 rings (SSSR count). The minimum absolute atomic E-state index is 0.166. The third-order valence-electron chi connectivity index (χ3n) is 1.96. The molecule has 0 amide bonds. The molecule has 0 atom stereocenters. The van der Waals surface area contributed by atoms with Crippen molar-refractivity contribution in [3.05, 3.63) is 28.8 Å². The number of hydrogen-bond donors (Lipinski definition) is 3. The Bertz CT molecular complexity index is 388. The lowest BCUT2D eigenvalue weighted by Crippen LogP contribution is -2.36. The van der Waals surface area contributed by atoms with Crippen molar-refractivity contribution in [2.45, 2.75) is 26.8 Å². The molecule has 0 aliphatic heterocycles. The van der Waals surface area contributed by atoms with Crippen molar-refractivity contribution in [3.8, 4) is 0 Å². The fourth-order valence-corrected chi connectivity index (χ4v) is 1.35. The predicted molar refractivity (Wildman–Crippen MR) is 69.7 cm³/mol. The van der Waals surface area contributed by atoms with Crippen LogP contribution in [0.2, 0.25) is 5.02 Å². The Balaban J connectivity index is 2.82. The highest BCUT2D eigenvalue weighted by molar-refractivity contribution is 6.31. The summed E-state index contributed by atoms with van der Waals surface area (Å²) in [5.74, 6) is 5.88. The second-order valence-electron chi connectivity index (χ2n) is 3.80. The van der Waals surface area contributed by atoms with Crippen molar-refractivity contribution in [3.63, 3.8) is 0 Å². The van der Waals surface area contributed by atoms with E-state index in [2.05, 4.69) is 15.7 Å². The second kappa shape index (κ2) is 5.72. The lowest BCUT2D eigenvalue weighted by molar-refractivity contribution is 0.819. The number of nitrogens with two attached hydrogens (primary N) is 1. The molecule has 0 fully saturated rings. The molecule has 1 aromatic rings. The molecule has 0 aliphatic rings. The van der Waals surface area contributed by atoms with Gasteiger partial charge in [-0.25, -0.2) is 10.8 Å². The first-order valence-corrected chi connectivity index (χ1v) is 5.48. The smallest absolute Gasteiger partial charge is 0.210 e. The van der Waals surface area contributed by atoms with Gasteiger partial charge >= 0.3 is 0 Å². The van der Waals surface area contributed by atoms with Crippen LogP contribution in [0.4, 0.5) is 5.69 Å². The molecule has 88 valence electrons. The van der Waals surface area contributed by atoms with E-state index in [0.717, 1.165) is 11.3 Å². The van der Waals surface area contributed by atoms with Gasteiger partial charge in [0.05, 0.1) is 0 Å². The van der Waals surface area contributed by atoms with Gasteiger partial charge < -0.3 is 5.32 Å². The van der Waals surface area contributed by atoms with E-state index < -0.39 is 0 Å². The van der Waals surface area contributed by atoms with Crippen LogP contribution in [0.5, 0.6) is 0 Å². The van der Waals surface area contributed by atoms with E-state index in [9.17, 15) is 0 Å². The molecular formula is C11H17ClN4. The molecule has 0 unspecified atom stereocenters. The van der Waals surface area contributed by atoms with Gasteiger partial charge in [0.1, 0.15) is 0 Å². The van der Waals surface area contributed by atoms with Crippen LogP contribution in [0.3, 0.4) is 0 Å². The normalized spacial score (nSPS) is 11.8. The summed E-state index contributed by atoms with van der Waals surface area (Å²) in [4.78, 5) is 4.27. The van der Waals surface area contributed by atoms with Crippen LogP contribution in [0.1, 0.15) is 19.4 Å². The van der Waals surface area contributed by atoms with Crippen LogP contribution in [0.15, 0.2) is 23.2 Å². The minimum atomic E-state index is 0.166. The number of nitrogens with zero attached hydrogens (tertiary/aromatic N) is 1. The Morgan fingerprint density at radius 3 is 2.62 bits per heavy atom. The quantitative estimate of drug-likeness (QED) is 0.322. The lowest BCUT2D eigenvalue weighted by atomic mass is 10.2. The standard InChI is InChI=1S/C11H17ClN4/c1-7(2)14-11(16-13)15-9-5-4-8(3)10(12)6-9/h4-7H,13H2,1-3H3,(H2,14,15,16). The Kier molecular flexibility index (Phi) is 4.58. The first kappa shape index (κ1) is 12.8. The SMILES string of the molecule is Cc1ccc(NC(=NC(C)C)NN)cc1Cl.